The lowest BCUT2D eigenvalue weighted by molar-refractivity contribution is -0.000511. The molecular formula is C38H38FN5O5S. The van der Waals surface area contributed by atoms with E-state index in [0.29, 0.717) is 64.9 Å². The Morgan fingerprint density at radius 2 is 1.78 bits per heavy atom. The summed E-state index contributed by atoms with van der Waals surface area (Å²) in [6.07, 6.45) is 5.11. The molecule has 4 aliphatic rings. The van der Waals surface area contributed by atoms with Gasteiger partial charge in [-0.15, -0.1) is 11.3 Å². The number of ether oxygens (including phenoxy) is 2. The van der Waals surface area contributed by atoms with Gasteiger partial charge in [0.2, 0.25) is 0 Å². The molecule has 2 N–H and O–H groups in total. The van der Waals surface area contributed by atoms with Crippen LogP contribution in [0.3, 0.4) is 0 Å². The zero-order valence-electron chi connectivity index (χ0n) is 27.8. The number of anilines is 3. The van der Waals surface area contributed by atoms with Gasteiger partial charge in [0.25, 0.3) is 17.7 Å². The van der Waals surface area contributed by atoms with Gasteiger partial charge in [0.05, 0.1) is 28.8 Å². The third-order valence-corrected chi connectivity index (χ3v) is 11.4. The Morgan fingerprint density at radius 1 is 0.980 bits per heavy atom. The number of thiophene rings is 1. The van der Waals surface area contributed by atoms with Crippen LogP contribution in [0.2, 0.25) is 0 Å². The molecule has 3 saturated heterocycles. The first-order valence-corrected chi connectivity index (χ1v) is 17.9. The second-order valence-corrected chi connectivity index (χ2v) is 14.8. The van der Waals surface area contributed by atoms with Crippen LogP contribution >= 0.6 is 11.3 Å². The quantitative estimate of drug-likeness (QED) is 0.260. The molecule has 2 aromatic carbocycles. The van der Waals surface area contributed by atoms with E-state index in [1.807, 2.05) is 19.1 Å². The van der Waals surface area contributed by atoms with Crippen molar-refractivity contribution in [3.8, 4) is 10.4 Å². The average Bonchev–Trinajstić information content (AvgIpc) is 3.76. The van der Waals surface area contributed by atoms with Crippen molar-refractivity contribution in [1.82, 2.24) is 10.3 Å². The first kappa shape index (κ1) is 32.5. The number of aryl methyl sites for hydroxylation is 1. The van der Waals surface area contributed by atoms with Crippen molar-refractivity contribution in [1.29, 1.82) is 0 Å². The van der Waals surface area contributed by atoms with Crippen LogP contribution in [0.15, 0.2) is 60.8 Å². The molecule has 1 atom stereocenters. The molecule has 0 saturated carbocycles. The summed E-state index contributed by atoms with van der Waals surface area (Å²) in [5.41, 5.74) is 4.69. The van der Waals surface area contributed by atoms with Crippen LogP contribution in [-0.4, -0.2) is 74.8 Å². The first-order valence-electron chi connectivity index (χ1n) is 17.1. The monoisotopic (exact) mass is 695 g/mol. The largest absolute Gasteiger partial charge is 0.381 e. The fourth-order valence-corrected chi connectivity index (χ4v) is 8.56. The van der Waals surface area contributed by atoms with E-state index >= 15 is 0 Å². The maximum absolute atomic E-state index is 14.7. The molecule has 4 aliphatic heterocycles. The van der Waals surface area contributed by atoms with E-state index in [9.17, 15) is 18.8 Å². The minimum absolute atomic E-state index is 0.00825. The summed E-state index contributed by atoms with van der Waals surface area (Å²) in [6, 6.07) is 14.9. The van der Waals surface area contributed by atoms with Gasteiger partial charge < -0.3 is 29.9 Å². The van der Waals surface area contributed by atoms with Gasteiger partial charge in [0.15, 0.2) is 0 Å². The third-order valence-electron chi connectivity index (χ3n) is 10.2. The van der Waals surface area contributed by atoms with Gasteiger partial charge in [-0.1, -0.05) is 0 Å². The molecule has 258 valence electrons. The number of nitrogens with one attached hydrogen (secondary N) is 2. The molecule has 6 heterocycles. The number of aromatic nitrogens is 1. The normalized spacial score (nSPS) is 19.3. The fourth-order valence-electron chi connectivity index (χ4n) is 7.41. The van der Waals surface area contributed by atoms with Gasteiger partial charge in [-0.25, -0.2) is 9.37 Å². The summed E-state index contributed by atoms with van der Waals surface area (Å²) in [5.74, 6) is -0.482. The molecule has 8 rings (SSSR count). The molecule has 3 fully saturated rings. The minimum Gasteiger partial charge on any atom is -0.381 e. The predicted octanol–water partition coefficient (Wildman–Crippen LogP) is 5.85. The second kappa shape index (κ2) is 13.2. The smallest absolute Gasteiger partial charge is 0.261 e. The molecule has 10 nitrogen and oxygen atoms in total. The van der Waals surface area contributed by atoms with Crippen LogP contribution in [0, 0.1) is 18.2 Å². The van der Waals surface area contributed by atoms with E-state index < -0.39 is 5.82 Å². The van der Waals surface area contributed by atoms with Crippen LogP contribution in [0.25, 0.3) is 10.4 Å². The van der Waals surface area contributed by atoms with Crippen LogP contribution in [-0.2, 0) is 15.9 Å². The predicted molar refractivity (Wildman–Crippen MR) is 190 cm³/mol. The van der Waals surface area contributed by atoms with E-state index in [1.165, 1.54) is 23.5 Å². The van der Waals surface area contributed by atoms with Gasteiger partial charge >= 0.3 is 0 Å². The van der Waals surface area contributed by atoms with Crippen LogP contribution in [0.4, 0.5) is 21.6 Å². The lowest BCUT2D eigenvalue weighted by Crippen LogP contribution is -2.59. The van der Waals surface area contributed by atoms with E-state index in [-0.39, 0.29) is 29.2 Å². The molecule has 0 radical (unpaired) electrons. The van der Waals surface area contributed by atoms with E-state index in [2.05, 4.69) is 20.5 Å². The number of benzene rings is 2. The SMILES string of the molecule is Cc1cnc(N2CC3(CCOCC3)C2)c(C(=O)Nc2ccc(C(=O)N3CCc4cc(C(=O)N[C@H]5CCOC5)sc4-c4ccc(F)cc43)cc2)c1. The molecule has 50 heavy (non-hydrogen) atoms. The maximum Gasteiger partial charge on any atom is 0.261 e. The van der Waals surface area contributed by atoms with Gasteiger partial charge in [0, 0.05) is 72.8 Å². The highest BCUT2D eigenvalue weighted by Gasteiger charge is 2.45. The Hall–Kier alpha value is -4.65. The number of hydrogen-bond donors (Lipinski definition) is 2. The maximum atomic E-state index is 14.7. The van der Waals surface area contributed by atoms with Crippen molar-refractivity contribution in [3.05, 3.63) is 93.7 Å². The molecule has 0 bridgehead atoms. The number of amides is 3. The van der Waals surface area contributed by atoms with Gasteiger partial charge in [-0.2, -0.15) is 0 Å². The number of halogens is 1. The lowest BCUT2D eigenvalue weighted by atomic mass is 9.73. The number of rotatable bonds is 6. The van der Waals surface area contributed by atoms with Crippen molar-refractivity contribution < 1.29 is 28.2 Å². The number of hydrogen-bond acceptors (Lipinski definition) is 8. The summed E-state index contributed by atoms with van der Waals surface area (Å²) in [7, 11) is 0. The molecule has 4 aromatic rings. The Kier molecular flexibility index (Phi) is 8.62. The van der Waals surface area contributed by atoms with Crippen LogP contribution in [0.5, 0.6) is 0 Å². The van der Waals surface area contributed by atoms with Crippen LogP contribution in [0.1, 0.15) is 60.8 Å². The first-order chi connectivity index (χ1) is 24.2. The zero-order valence-corrected chi connectivity index (χ0v) is 28.6. The Morgan fingerprint density at radius 3 is 2.54 bits per heavy atom. The average molecular weight is 696 g/mol. The molecule has 3 amide bonds. The molecular weight excluding hydrogens is 658 g/mol. The Bertz CT molecular complexity index is 1960. The number of pyridine rings is 1. The summed E-state index contributed by atoms with van der Waals surface area (Å²) < 4.78 is 25.6. The van der Waals surface area contributed by atoms with E-state index in [0.717, 1.165) is 61.6 Å². The Labute approximate surface area is 293 Å². The van der Waals surface area contributed by atoms with E-state index in [4.69, 9.17) is 9.47 Å². The molecule has 0 aliphatic carbocycles. The molecule has 2 aromatic heterocycles. The summed E-state index contributed by atoms with van der Waals surface area (Å²) in [5, 5.41) is 6.03. The second-order valence-electron chi connectivity index (χ2n) is 13.8. The fraction of sp³-hybridized carbons (Fsp3) is 0.368. The molecule has 12 heteroatoms. The highest BCUT2D eigenvalue weighted by atomic mass is 32.1. The highest BCUT2D eigenvalue weighted by Crippen LogP contribution is 2.44. The van der Waals surface area contributed by atoms with Gasteiger partial charge in [-0.05, 0) is 98.3 Å². The summed E-state index contributed by atoms with van der Waals surface area (Å²) in [4.78, 5) is 50.4. The van der Waals surface area contributed by atoms with Gasteiger partial charge in [-0.3, -0.25) is 14.4 Å². The van der Waals surface area contributed by atoms with Crippen molar-refractivity contribution in [2.24, 2.45) is 5.41 Å². The van der Waals surface area contributed by atoms with Crippen molar-refractivity contribution in [3.63, 3.8) is 0 Å². The van der Waals surface area contributed by atoms with Crippen molar-refractivity contribution in [2.75, 3.05) is 61.2 Å². The molecule has 0 unspecified atom stereocenters. The Balaban J connectivity index is 0.982. The molecule has 1 spiro atoms. The topological polar surface area (TPSA) is 113 Å². The minimum atomic E-state index is -0.454. The third kappa shape index (κ3) is 6.27. The number of carbonyl (C=O) groups is 3. The summed E-state index contributed by atoms with van der Waals surface area (Å²) >= 11 is 1.35. The number of fused-ring (bicyclic) bond motifs is 3. The lowest BCUT2D eigenvalue weighted by Gasteiger charge is -2.53. The highest BCUT2D eigenvalue weighted by molar-refractivity contribution is 7.17. The van der Waals surface area contributed by atoms with Crippen molar-refractivity contribution in [2.45, 2.75) is 38.6 Å². The summed E-state index contributed by atoms with van der Waals surface area (Å²) in [6.45, 7) is 6.62. The number of nitrogens with zero attached hydrogens (tertiary/aromatic N) is 3. The van der Waals surface area contributed by atoms with Crippen molar-refractivity contribution >= 4 is 46.3 Å². The standard InChI is InChI=1S/C38H38FN5O5S/c1-23-16-30(34(40-19-23)43-21-38(22-43)10-14-48-15-11-38)35(45)41-27-5-2-24(3-6-27)37(47)44-12-8-25-17-32(36(46)42-28-9-13-49-20-28)50-33(25)29-7-4-26(39)18-31(29)44/h2-7,16-19,28H,8-15,20-22H2,1H3,(H,41,45)(H,42,46)/t28-/m0/s1. The zero-order chi connectivity index (χ0) is 34.4. The van der Waals surface area contributed by atoms with Gasteiger partial charge in [0.1, 0.15) is 11.6 Å². The van der Waals surface area contributed by atoms with E-state index in [1.54, 1.807) is 41.4 Å². The van der Waals surface area contributed by atoms with Crippen LogP contribution < -0.4 is 20.4 Å². The number of carbonyl (C=O) groups excluding carboxylic acids is 3.